The number of carbonyl (C=O) groups excluding carboxylic acids is 1. The molecule has 2 aromatic heterocycles. The number of benzene rings is 1. The molecule has 0 bridgehead atoms. The van der Waals surface area contributed by atoms with Crippen LogP contribution in [0.3, 0.4) is 0 Å². The molecule has 0 saturated carbocycles. The molecule has 1 unspecified atom stereocenters. The number of fused-ring (bicyclic) bond motifs is 1. The molecular weight excluding hydrogens is 449 g/mol. The minimum Gasteiger partial charge on any atom is -0.373 e. The summed E-state index contributed by atoms with van der Waals surface area (Å²) in [5.74, 6) is -0.709. The Morgan fingerprint density at radius 2 is 2.21 bits per heavy atom. The summed E-state index contributed by atoms with van der Waals surface area (Å²) in [7, 11) is 0. The van der Waals surface area contributed by atoms with E-state index >= 15 is 0 Å². The summed E-state index contributed by atoms with van der Waals surface area (Å²) in [6.45, 7) is 3.42. The number of amides is 1. The lowest BCUT2D eigenvalue weighted by Crippen LogP contribution is -2.29. The van der Waals surface area contributed by atoms with Crippen molar-refractivity contribution in [2.45, 2.75) is 45.3 Å². The Morgan fingerprint density at radius 1 is 1.36 bits per heavy atom. The molecule has 3 heterocycles. The van der Waals surface area contributed by atoms with Gasteiger partial charge in [0.05, 0.1) is 48.6 Å². The summed E-state index contributed by atoms with van der Waals surface area (Å²) in [6, 6.07) is 5.57. The average Bonchev–Trinajstić information content (AvgIpc) is 3.22. The summed E-state index contributed by atoms with van der Waals surface area (Å²) < 4.78 is 20.9. The molecular formula is C23H25ClFN5O3. The van der Waals surface area contributed by atoms with Gasteiger partial charge in [-0.15, -0.1) is 0 Å². The zero-order valence-corrected chi connectivity index (χ0v) is 18.8. The van der Waals surface area contributed by atoms with Crippen molar-refractivity contribution in [3.05, 3.63) is 81.9 Å². The van der Waals surface area contributed by atoms with Crippen molar-refractivity contribution < 1.29 is 19.0 Å². The third-order valence-electron chi connectivity index (χ3n) is 5.62. The van der Waals surface area contributed by atoms with Gasteiger partial charge in [0.25, 0.3) is 5.91 Å². The molecule has 174 valence electrons. The number of carbonyl (C=O) groups is 1. The van der Waals surface area contributed by atoms with Gasteiger partial charge in [-0.05, 0) is 30.2 Å². The second kappa shape index (κ2) is 10.4. The van der Waals surface area contributed by atoms with Crippen molar-refractivity contribution in [3.8, 4) is 0 Å². The second-order valence-corrected chi connectivity index (χ2v) is 8.12. The third-order valence-corrected chi connectivity index (χ3v) is 5.94. The quantitative estimate of drug-likeness (QED) is 0.434. The largest absolute Gasteiger partial charge is 0.373 e. The van der Waals surface area contributed by atoms with E-state index in [1.54, 1.807) is 30.7 Å². The first kappa shape index (κ1) is 23.3. The lowest BCUT2D eigenvalue weighted by molar-refractivity contribution is 0.0708. The molecule has 1 aliphatic heterocycles. The highest BCUT2D eigenvalue weighted by molar-refractivity contribution is 6.31. The van der Waals surface area contributed by atoms with Crippen LogP contribution in [0.2, 0.25) is 5.02 Å². The molecule has 3 aromatic rings. The van der Waals surface area contributed by atoms with Crippen LogP contribution in [0.4, 0.5) is 4.39 Å². The molecule has 8 nitrogen and oxygen atoms in total. The molecule has 0 spiro atoms. The predicted octanol–water partition coefficient (Wildman–Crippen LogP) is 3.26. The van der Waals surface area contributed by atoms with Gasteiger partial charge in [0.1, 0.15) is 12.0 Å². The van der Waals surface area contributed by atoms with Crippen molar-refractivity contribution >= 4 is 17.5 Å². The van der Waals surface area contributed by atoms with E-state index < -0.39 is 12.0 Å². The number of nitrogens with one attached hydrogen (secondary N) is 2. The monoisotopic (exact) mass is 473 g/mol. The van der Waals surface area contributed by atoms with E-state index in [1.165, 1.54) is 12.1 Å². The number of aromatic nitrogens is 3. The molecule has 4 rings (SSSR count). The van der Waals surface area contributed by atoms with Gasteiger partial charge in [-0.1, -0.05) is 24.6 Å². The number of aliphatic hydroxyl groups excluding tert-OH is 1. The Morgan fingerprint density at radius 3 is 2.94 bits per heavy atom. The van der Waals surface area contributed by atoms with Crippen molar-refractivity contribution in [3.63, 3.8) is 0 Å². The first-order valence-corrected chi connectivity index (χ1v) is 11.1. The number of hydrogen-bond donors (Lipinski definition) is 3. The van der Waals surface area contributed by atoms with E-state index in [4.69, 9.17) is 16.3 Å². The van der Waals surface area contributed by atoms with Gasteiger partial charge < -0.3 is 19.7 Å². The van der Waals surface area contributed by atoms with Crippen LogP contribution in [0.25, 0.3) is 0 Å². The summed E-state index contributed by atoms with van der Waals surface area (Å²) in [6.07, 6.45) is 4.26. The van der Waals surface area contributed by atoms with E-state index in [0.29, 0.717) is 47.8 Å². The van der Waals surface area contributed by atoms with Gasteiger partial charge in [0, 0.05) is 30.0 Å². The first-order chi connectivity index (χ1) is 16.0. The Labute approximate surface area is 195 Å². The number of hydrogen-bond acceptors (Lipinski definition) is 6. The van der Waals surface area contributed by atoms with Crippen LogP contribution in [0.1, 0.15) is 58.6 Å². The molecule has 10 heteroatoms. The maximum absolute atomic E-state index is 13.5. The molecule has 0 fully saturated rings. The topological polar surface area (TPSA) is 101 Å². The van der Waals surface area contributed by atoms with Crippen molar-refractivity contribution in [1.29, 1.82) is 0 Å². The van der Waals surface area contributed by atoms with Gasteiger partial charge in [-0.2, -0.15) is 0 Å². The van der Waals surface area contributed by atoms with Crippen LogP contribution >= 0.6 is 11.6 Å². The lowest BCUT2D eigenvalue weighted by atomic mass is 10.0. The van der Waals surface area contributed by atoms with Crippen LogP contribution in [-0.4, -0.2) is 32.2 Å². The maximum atomic E-state index is 13.5. The van der Waals surface area contributed by atoms with E-state index in [9.17, 15) is 14.3 Å². The highest BCUT2D eigenvalue weighted by Gasteiger charge is 2.27. The molecule has 0 saturated heterocycles. The standard InChI is InChI=1S/C23H25ClFN5O3/c1-2-19(16-4-3-14(25)9-18(16)24)29-23(32)20-10-17(21-13-33-8-7-30(20)21)22(31)28-12-15-11-26-5-6-27-15/h3-6,9-11,19,23,29,32H,2,7-8,12-13H2,1H3,(H,28,31)/t19-,23?/m1/s1. The Bertz CT molecular complexity index is 1120. The molecule has 0 aliphatic carbocycles. The Hall–Kier alpha value is -2.85. The van der Waals surface area contributed by atoms with Crippen LogP contribution in [0.15, 0.2) is 42.9 Å². The normalized spacial score (nSPS) is 15.0. The van der Waals surface area contributed by atoms with Gasteiger partial charge in [-0.25, -0.2) is 4.39 Å². The number of aliphatic hydroxyl groups is 1. The van der Waals surface area contributed by atoms with E-state index in [-0.39, 0.29) is 30.1 Å². The summed E-state index contributed by atoms with van der Waals surface area (Å²) >= 11 is 6.23. The van der Waals surface area contributed by atoms with Gasteiger partial charge in [0.15, 0.2) is 0 Å². The zero-order valence-electron chi connectivity index (χ0n) is 18.1. The fraction of sp³-hybridized carbons (Fsp3) is 0.348. The fourth-order valence-electron chi connectivity index (χ4n) is 3.95. The minimum atomic E-state index is -1.07. The Kier molecular flexibility index (Phi) is 7.34. The van der Waals surface area contributed by atoms with Gasteiger partial charge in [0.2, 0.25) is 0 Å². The van der Waals surface area contributed by atoms with E-state index in [1.807, 2.05) is 11.5 Å². The van der Waals surface area contributed by atoms with Crippen LogP contribution in [0.5, 0.6) is 0 Å². The number of halogens is 2. The molecule has 2 atom stereocenters. The summed E-state index contributed by atoms with van der Waals surface area (Å²) in [5.41, 5.74) is 3.01. The number of ether oxygens (including phenoxy) is 1. The fourth-order valence-corrected chi connectivity index (χ4v) is 4.25. The van der Waals surface area contributed by atoms with Gasteiger partial charge >= 0.3 is 0 Å². The SMILES string of the molecule is CC[C@@H](NC(O)c1cc(C(=O)NCc2cnccn2)c2n1CCOC2)c1ccc(F)cc1Cl. The van der Waals surface area contributed by atoms with Gasteiger partial charge in [-0.3, -0.25) is 20.1 Å². The third kappa shape index (κ3) is 5.22. The molecule has 0 radical (unpaired) electrons. The highest BCUT2D eigenvalue weighted by atomic mass is 35.5. The molecule has 1 amide bonds. The Balaban J connectivity index is 1.55. The molecule has 33 heavy (non-hydrogen) atoms. The van der Waals surface area contributed by atoms with Crippen molar-refractivity contribution in [2.75, 3.05) is 6.61 Å². The number of nitrogens with zero attached hydrogens (tertiary/aromatic N) is 3. The van der Waals surface area contributed by atoms with Crippen LogP contribution < -0.4 is 10.6 Å². The van der Waals surface area contributed by atoms with Crippen molar-refractivity contribution in [2.24, 2.45) is 0 Å². The first-order valence-electron chi connectivity index (χ1n) is 10.7. The van der Waals surface area contributed by atoms with Crippen molar-refractivity contribution in [1.82, 2.24) is 25.2 Å². The smallest absolute Gasteiger partial charge is 0.253 e. The summed E-state index contributed by atoms with van der Waals surface area (Å²) in [5, 5.41) is 17.3. The molecule has 3 N–H and O–H groups in total. The van der Waals surface area contributed by atoms with Crippen LogP contribution in [0, 0.1) is 5.82 Å². The lowest BCUT2D eigenvalue weighted by Gasteiger charge is -2.25. The average molecular weight is 474 g/mol. The molecule has 1 aliphatic rings. The minimum absolute atomic E-state index is 0.231. The van der Waals surface area contributed by atoms with E-state index in [2.05, 4.69) is 20.6 Å². The second-order valence-electron chi connectivity index (χ2n) is 7.71. The van der Waals surface area contributed by atoms with Crippen LogP contribution in [-0.2, 0) is 24.4 Å². The maximum Gasteiger partial charge on any atom is 0.253 e. The van der Waals surface area contributed by atoms with E-state index in [0.717, 1.165) is 0 Å². The highest BCUT2D eigenvalue weighted by Crippen LogP contribution is 2.30. The zero-order chi connectivity index (χ0) is 23.4. The predicted molar refractivity (Wildman–Crippen MR) is 120 cm³/mol. The molecule has 1 aromatic carbocycles. The number of rotatable bonds is 8. The summed E-state index contributed by atoms with van der Waals surface area (Å²) in [4.78, 5) is 21.1.